The van der Waals surface area contributed by atoms with Crippen molar-refractivity contribution in [3.63, 3.8) is 0 Å². The molecule has 3 aromatic rings. The van der Waals surface area contributed by atoms with Crippen molar-refractivity contribution in [1.82, 2.24) is 9.97 Å². The molecule has 1 aromatic heterocycles. The predicted octanol–water partition coefficient (Wildman–Crippen LogP) is 3.40. The number of para-hydroxylation sites is 1. The first-order chi connectivity index (χ1) is 9.45. The summed E-state index contributed by atoms with van der Waals surface area (Å²) in [5, 5.41) is 0. The summed E-state index contributed by atoms with van der Waals surface area (Å²) in [5.41, 5.74) is 2.10. The van der Waals surface area contributed by atoms with Gasteiger partial charge in [0, 0.05) is 16.3 Å². The molecule has 0 aliphatic carbocycles. The molecule has 1 N–H and O–H groups in total. The maximum absolute atomic E-state index is 11.8. The van der Waals surface area contributed by atoms with E-state index in [9.17, 15) is 8.42 Å². The first kappa shape index (κ1) is 13.3. The number of nitrogens with zero attached hydrogens (tertiary/aromatic N) is 1. The van der Waals surface area contributed by atoms with Gasteiger partial charge in [-0.2, -0.15) is 0 Å². The molecular weight excluding hydrogens is 340 g/mol. The molecule has 0 saturated heterocycles. The molecule has 0 unspecified atom stereocenters. The Balaban J connectivity index is 2.23. The fourth-order valence-electron chi connectivity index (χ4n) is 2.05. The molecule has 0 amide bonds. The van der Waals surface area contributed by atoms with Crippen LogP contribution in [0.2, 0.25) is 0 Å². The molecule has 0 radical (unpaired) electrons. The van der Waals surface area contributed by atoms with Crippen LogP contribution < -0.4 is 0 Å². The Morgan fingerprint density at radius 2 is 1.80 bits per heavy atom. The summed E-state index contributed by atoms with van der Waals surface area (Å²) in [6.45, 7) is 0. The van der Waals surface area contributed by atoms with Gasteiger partial charge < -0.3 is 4.98 Å². The number of benzene rings is 2. The van der Waals surface area contributed by atoms with Gasteiger partial charge >= 0.3 is 0 Å². The molecule has 0 saturated carbocycles. The molecule has 0 bridgehead atoms. The smallest absolute Gasteiger partial charge is 0.177 e. The van der Waals surface area contributed by atoms with Crippen LogP contribution in [0.25, 0.3) is 22.4 Å². The molecule has 102 valence electrons. The number of H-pyrrole nitrogens is 1. The van der Waals surface area contributed by atoms with Gasteiger partial charge in [-0.05, 0) is 24.3 Å². The van der Waals surface area contributed by atoms with Gasteiger partial charge in [0.25, 0.3) is 0 Å². The molecule has 0 fully saturated rings. The molecule has 20 heavy (non-hydrogen) atoms. The number of nitrogens with one attached hydrogen (secondary N) is 1. The summed E-state index contributed by atoms with van der Waals surface area (Å²) in [6, 6.07) is 12.8. The molecule has 6 heteroatoms. The Bertz CT molecular complexity index is 883. The standard InChI is InChI=1S/C14H11BrN2O2S/c1-20(18,19)12-4-2-3-11-13(12)17-14(16-11)9-5-7-10(15)8-6-9/h2-8H,1H3,(H,16,17). The van der Waals surface area contributed by atoms with E-state index < -0.39 is 9.84 Å². The first-order valence-electron chi connectivity index (χ1n) is 5.90. The van der Waals surface area contributed by atoms with E-state index in [1.54, 1.807) is 12.1 Å². The van der Waals surface area contributed by atoms with Crippen LogP contribution >= 0.6 is 15.9 Å². The van der Waals surface area contributed by atoms with E-state index in [1.807, 2.05) is 30.3 Å². The van der Waals surface area contributed by atoms with Gasteiger partial charge in [-0.15, -0.1) is 0 Å². The highest BCUT2D eigenvalue weighted by Crippen LogP contribution is 2.26. The summed E-state index contributed by atoms with van der Waals surface area (Å²) in [7, 11) is -3.29. The highest BCUT2D eigenvalue weighted by Gasteiger charge is 2.15. The Hall–Kier alpha value is -1.66. The number of hydrogen-bond donors (Lipinski definition) is 1. The topological polar surface area (TPSA) is 62.8 Å². The van der Waals surface area contributed by atoms with Crippen LogP contribution in [0.4, 0.5) is 0 Å². The Morgan fingerprint density at radius 1 is 1.10 bits per heavy atom. The molecular formula is C14H11BrN2O2S. The van der Waals surface area contributed by atoms with Gasteiger partial charge in [0.2, 0.25) is 0 Å². The molecule has 0 spiro atoms. The Kier molecular flexibility index (Phi) is 3.14. The normalized spacial score (nSPS) is 11.9. The van der Waals surface area contributed by atoms with E-state index in [-0.39, 0.29) is 4.90 Å². The van der Waals surface area contributed by atoms with Crippen molar-refractivity contribution in [3.8, 4) is 11.4 Å². The predicted molar refractivity (Wildman–Crippen MR) is 82.3 cm³/mol. The fraction of sp³-hybridized carbons (Fsp3) is 0.0714. The third-order valence-electron chi connectivity index (χ3n) is 2.99. The van der Waals surface area contributed by atoms with Crippen molar-refractivity contribution in [2.45, 2.75) is 4.90 Å². The number of aromatic amines is 1. The number of rotatable bonds is 2. The zero-order valence-electron chi connectivity index (χ0n) is 10.6. The lowest BCUT2D eigenvalue weighted by Crippen LogP contribution is -1.97. The number of hydrogen-bond acceptors (Lipinski definition) is 3. The second-order valence-electron chi connectivity index (χ2n) is 4.52. The average Bonchev–Trinajstić information content (AvgIpc) is 2.81. The molecule has 4 nitrogen and oxygen atoms in total. The first-order valence-corrected chi connectivity index (χ1v) is 8.58. The molecule has 1 heterocycles. The maximum atomic E-state index is 11.8. The van der Waals surface area contributed by atoms with E-state index in [1.165, 1.54) is 6.26 Å². The molecule has 0 aliphatic heterocycles. The van der Waals surface area contributed by atoms with Crippen LogP contribution in [0.15, 0.2) is 51.8 Å². The van der Waals surface area contributed by atoms with Gasteiger partial charge in [-0.1, -0.05) is 34.1 Å². The lowest BCUT2D eigenvalue weighted by atomic mass is 10.2. The van der Waals surface area contributed by atoms with E-state index in [2.05, 4.69) is 25.9 Å². The van der Waals surface area contributed by atoms with Crippen LogP contribution in [0, 0.1) is 0 Å². The van der Waals surface area contributed by atoms with E-state index >= 15 is 0 Å². The van der Waals surface area contributed by atoms with Crippen LogP contribution in [0.5, 0.6) is 0 Å². The van der Waals surface area contributed by atoms with Crippen molar-refractivity contribution in [2.24, 2.45) is 0 Å². The highest BCUT2D eigenvalue weighted by molar-refractivity contribution is 9.10. The van der Waals surface area contributed by atoms with Gasteiger partial charge in [0.1, 0.15) is 11.3 Å². The molecule has 0 aliphatic rings. The van der Waals surface area contributed by atoms with Gasteiger partial charge in [-0.3, -0.25) is 0 Å². The van der Waals surface area contributed by atoms with Crippen molar-refractivity contribution in [1.29, 1.82) is 0 Å². The minimum Gasteiger partial charge on any atom is -0.338 e. The summed E-state index contributed by atoms with van der Waals surface area (Å²) in [6.07, 6.45) is 1.19. The average molecular weight is 351 g/mol. The van der Waals surface area contributed by atoms with Gasteiger partial charge in [-0.25, -0.2) is 13.4 Å². The van der Waals surface area contributed by atoms with Crippen molar-refractivity contribution < 1.29 is 8.42 Å². The second-order valence-corrected chi connectivity index (χ2v) is 7.42. The minimum atomic E-state index is -3.29. The van der Waals surface area contributed by atoms with E-state index in [4.69, 9.17) is 0 Å². The fourth-order valence-corrected chi connectivity index (χ4v) is 3.15. The monoisotopic (exact) mass is 350 g/mol. The highest BCUT2D eigenvalue weighted by atomic mass is 79.9. The van der Waals surface area contributed by atoms with E-state index in [0.717, 1.165) is 10.0 Å². The largest absolute Gasteiger partial charge is 0.338 e. The second kappa shape index (κ2) is 4.71. The van der Waals surface area contributed by atoms with Crippen LogP contribution in [0.1, 0.15) is 0 Å². The summed E-state index contributed by atoms with van der Waals surface area (Å²) < 4.78 is 24.5. The number of halogens is 1. The number of sulfone groups is 1. The van der Waals surface area contributed by atoms with Crippen LogP contribution in [-0.2, 0) is 9.84 Å². The van der Waals surface area contributed by atoms with Crippen molar-refractivity contribution in [3.05, 3.63) is 46.9 Å². The number of fused-ring (bicyclic) bond motifs is 1. The molecule has 0 atom stereocenters. The van der Waals surface area contributed by atoms with Gasteiger partial charge in [0.15, 0.2) is 9.84 Å². The summed E-state index contributed by atoms with van der Waals surface area (Å²) >= 11 is 3.38. The summed E-state index contributed by atoms with van der Waals surface area (Å²) in [4.78, 5) is 7.83. The Labute approximate surface area is 124 Å². The third-order valence-corrected chi connectivity index (χ3v) is 4.65. The minimum absolute atomic E-state index is 0.245. The Morgan fingerprint density at radius 3 is 2.45 bits per heavy atom. The quantitative estimate of drug-likeness (QED) is 0.770. The van der Waals surface area contributed by atoms with Crippen LogP contribution in [-0.4, -0.2) is 24.6 Å². The number of imidazole rings is 1. The SMILES string of the molecule is CS(=O)(=O)c1cccc2[nH]c(-c3ccc(Br)cc3)nc12. The van der Waals surface area contributed by atoms with E-state index in [0.29, 0.717) is 16.9 Å². The maximum Gasteiger partial charge on any atom is 0.177 e. The number of aromatic nitrogens is 2. The van der Waals surface area contributed by atoms with Crippen LogP contribution in [0.3, 0.4) is 0 Å². The molecule has 2 aromatic carbocycles. The van der Waals surface area contributed by atoms with Crippen molar-refractivity contribution in [2.75, 3.05) is 6.26 Å². The zero-order valence-corrected chi connectivity index (χ0v) is 13.0. The van der Waals surface area contributed by atoms with Crippen molar-refractivity contribution >= 4 is 36.8 Å². The zero-order chi connectivity index (χ0) is 14.3. The summed E-state index contributed by atoms with van der Waals surface area (Å²) in [5.74, 6) is 0.656. The lowest BCUT2D eigenvalue weighted by Gasteiger charge is -1.97. The third kappa shape index (κ3) is 2.36. The van der Waals surface area contributed by atoms with Gasteiger partial charge in [0.05, 0.1) is 10.4 Å². The lowest BCUT2D eigenvalue weighted by molar-refractivity contribution is 0.602. The molecule has 3 rings (SSSR count).